The molecule has 0 unspecified atom stereocenters. The summed E-state index contributed by atoms with van der Waals surface area (Å²) in [5.41, 5.74) is 0.952. The van der Waals surface area contributed by atoms with Gasteiger partial charge in [0, 0.05) is 37.0 Å². The average Bonchev–Trinajstić information content (AvgIpc) is 3.58. The normalized spacial score (nSPS) is 14.8. The van der Waals surface area contributed by atoms with Crippen molar-refractivity contribution < 1.29 is 53.5 Å². The van der Waals surface area contributed by atoms with Gasteiger partial charge < -0.3 is 34.4 Å². The van der Waals surface area contributed by atoms with Gasteiger partial charge in [0.05, 0.1) is 11.1 Å². The fraction of sp³-hybridized carbons (Fsp3) is 0.350. The Hall–Kier alpha value is -5.82. The van der Waals surface area contributed by atoms with Gasteiger partial charge in [-0.05, 0) is 94.7 Å². The van der Waals surface area contributed by atoms with E-state index in [-0.39, 0.29) is 23.3 Å². The molecule has 3 N–H and O–H groups in total. The van der Waals surface area contributed by atoms with Crippen LogP contribution in [0.1, 0.15) is 67.3 Å². The Morgan fingerprint density at radius 2 is 1.30 bits per heavy atom. The Kier molecular flexibility index (Phi) is 15.5. The Morgan fingerprint density at radius 3 is 1.77 bits per heavy atom. The maximum absolute atomic E-state index is 12.2. The van der Waals surface area contributed by atoms with Gasteiger partial charge in [-0.2, -0.15) is 0 Å². The van der Waals surface area contributed by atoms with Crippen LogP contribution < -0.4 is 0 Å². The molecule has 1 amide bonds. The summed E-state index contributed by atoms with van der Waals surface area (Å²) in [6.07, 6.45) is 0.970. The number of ether oxygens (including phenoxy) is 3. The van der Waals surface area contributed by atoms with Crippen molar-refractivity contribution in [2.45, 2.75) is 71.4 Å². The van der Waals surface area contributed by atoms with Crippen LogP contribution in [0.3, 0.4) is 0 Å². The number of likely N-dealkylation sites (tertiary alicyclic amines) is 1. The SMILES string of the molecule is CC(C)(C)OC(=O)N1CC[C@@H](Cc2cccc3cnccc23)C1.CC(C)O.O=C(O[C@@H](C(=O)O)[C@@H](OC(=O)c1ccccc1)C(=O)O)c1ccccc1. The van der Waals surface area contributed by atoms with E-state index in [9.17, 15) is 34.2 Å². The molecule has 4 aromatic rings. The molecule has 1 aromatic heterocycles. The summed E-state index contributed by atoms with van der Waals surface area (Å²) in [6, 6.07) is 23.3. The van der Waals surface area contributed by atoms with E-state index in [2.05, 4.69) is 29.2 Å². The Balaban J connectivity index is 0.000000261. The van der Waals surface area contributed by atoms with E-state index in [1.54, 1.807) is 26.0 Å². The topological polar surface area (TPSA) is 190 Å². The van der Waals surface area contributed by atoms with Gasteiger partial charge in [-0.15, -0.1) is 0 Å². The number of fused-ring (bicyclic) bond motifs is 1. The minimum atomic E-state index is -2.21. The Labute approximate surface area is 308 Å². The van der Waals surface area contributed by atoms with Gasteiger partial charge >= 0.3 is 30.0 Å². The molecule has 13 heteroatoms. The quantitative estimate of drug-likeness (QED) is 0.134. The predicted octanol–water partition coefficient (Wildman–Crippen LogP) is 6.03. The number of aliphatic hydroxyl groups is 1. The number of aliphatic carboxylic acids is 2. The van der Waals surface area contributed by atoms with Crippen molar-refractivity contribution in [1.29, 1.82) is 0 Å². The summed E-state index contributed by atoms with van der Waals surface area (Å²) in [6.45, 7) is 10.7. The van der Waals surface area contributed by atoms with Crippen LogP contribution in [0.25, 0.3) is 10.8 Å². The van der Waals surface area contributed by atoms with Crippen LogP contribution >= 0.6 is 0 Å². The molecular weight excluding hydrogens is 684 g/mol. The zero-order chi connectivity index (χ0) is 39.1. The summed E-state index contributed by atoms with van der Waals surface area (Å²) in [5.74, 6) is -5.15. The number of aromatic nitrogens is 1. The highest BCUT2D eigenvalue weighted by Gasteiger charge is 2.41. The van der Waals surface area contributed by atoms with Gasteiger partial charge in [0.25, 0.3) is 0 Å². The lowest BCUT2D eigenvalue weighted by Gasteiger charge is -2.24. The van der Waals surface area contributed by atoms with Crippen LogP contribution in [0.2, 0.25) is 0 Å². The highest BCUT2D eigenvalue weighted by Crippen LogP contribution is 2.26. The highest BCUT2D eigenvalue weighted by atomic mass is 16.6. The molecule has 5 rings (SSSR count). The first kappa shape index (κ1) is 41.6. The van der Waals surface area contributed by atoms with Gasteiger partial charge in [0.2, 0.25) is 12.2 Å². The summed E-state index contributed by atoms with van der Waals surface area (Å²) in [4.78, 5) is 65.0. The number of esters is 2. The molecule has 3 aromatic carbocycles. The monoisotopic (exact) mass is 730 g/mol. The maximum Gasteiger partial charge on any atom is 0.410 e. The van der Waals surface area contributed by atoms with Crippen LogP contribution in [0, 0.1) is 5.92 Å². The first-order chi connectivity index (χ1) is 25.1. The van der Waals surface area contributed by atoms with Crippen molar-refractivity contribution in [1.82, 2.24) is 9.88 Å². The Morgan fingerprint density at radius 1 is 0.792 bits per heavy atom. The largest absolute Gasteiger partial charge is 0.478 e. The summed E-state index contributed by atoms with van der Waals surface area (Å²) < 4.78 is 15.0. The van der Waals surface area contributed by atoms with E-state index in [0.29, 0.717) is 5.92 Å². The van der Waals surface area contributed by atoms with Crippen LogP contribution in [0.4, 0.5) is 4.79 Å². The molecule has 53 heavy (non-hydrogen) atoms. The fourth-order valence-corrected chi connectivity index (χ4v) is 5.17. The number of pyridine rings is 1. The third-order valence-corrected chi connectivity index (χ3v) is 7.47. The van der Waals surface area contributed by atoms with E-state index in [4.69, 9.17) is 19.3 Å². The van der Waals surface area contributed by atoms with Gasteiger partial charge in [-0.1, -0.05) is 54.6 Å². The van der Waals surface area contributed by atoms with Gasteiger partial charge in [-0.3, -0.25) is 4.98 Å². The molecular formula is C40H46N2O11. The number of amides is 1. The van der Waals surface area contributed by atoms with Gasteiger partial charge in [0.15, 0.2) is 0 Å². The first-order valence-electron chi connectivity index (χ1n) is 17.0. The number of hydrogen-bond acceptors (Lipinski definition) is 10. The number of hydrogen-bond donors (Lipinski definition) is 3. The number of aliphatic hydroxyl groups excluding tert-OH is 1. The molecule has 0 saturated carbocycles. The standard InChI is InChI=1S/C19H24N2O2.C18H14O8.C3H8O/c1-19(2,3)23-18(22)21-10-8-14(13-21)11-15-5-4-6-16-12-20-9-7-17(15)16;19-15(20)13(25-17(23)11-7-3-1-4-8-11)14(16(21)22)26-18(24)12-9-5-2-6-10-12;1-3(2)4/h4-7,9,12,14H,8,10-11,13H2,1-3H3;1-10,13-14H,(H,19,20)(H,21,22);3-4H,1-2H3/t14-;13-,14-;/m01./s1. The first-order valence-corrected chi connectivity index (χ1v) is 17.0. The maximum atomic E-state index is 12.2. The van der Waals surface area contributed by atoms with Crippen molar-refractivity contribution in [3.05, 3.63) is 114 Å². The van der Waals surface area contributed by atoms with Crippen molar-refractivity contribution in [3.8, 4) is 0 Å². The van der Waals surface area contributed by atoms with Crippen molar-refractivity contribution >= 4 is 40.7 Å². The minimum Gasteiger partial charge on any atom is -0.478 e. The molecule has 1 fully saturated rings. The highest BCUT2D eigenvalue weighted by molar-refractivity contribution is 5.95. The molecule has 0 bridgehead atoms. The second kappa shape index (κ2) is 19.7. The Bertz CT molecular complexity index is 1750. The van der Waals surface area contributed by atoms with Crippen molar-refractivity contribution in [3.63, 3.8) is 0 Å². The molecule has 13 nitrogen and oxygen atoms in total. The molecule has 282 valence electrons. The third-order valence-electron chi connectivity index (χ3n) is 7.47. The number of carboxylic acid groups (broad SMARTS) is 2. The van der Waals surface area contributed by atoms with Gasteiger partial charge in [0.1, 0.15) is 5.60 Å². The molecule has 1 aliphatic heterocycles. The lowest BCUT2D eigenvalue weighted by Crippen LogP contribution is -2.45. The summed E-state index contributed by atoms with van der Waals surface area (Å²) >= 11 is 0. The van der Waals surface area contributed by atoms with Crippen LogP contribution in [0.5, 0.6) is 0 Å². The lowest BCUT2D eigenvalue weighted by atomic mass is 9.95. The molecule has 0 aliphatic carbocycles. The number of carboxylic acids is 2. The zero-order valence-corrected chi connectivity index (χ0v) is 30.4. The molecule has 0 spiro atoms. The van der Waals surface area contributed by atoms with Crippen LogP contribution in [-0.2, 0) is 30.2 Å². The van der Waals surface area contributed by atoms with E-state index in [1.165, 1.54) is 64.9 Å². The second-order valence-electron chi connectivity index (χ2n) is 13.5. The van der Waals surface area contributed by atoms with Crippen LogP contribution in [-0.4, -0.2) is 92.2 Å². The van der Waals surface area contributed by atoms with E-state index < -0.39 is 41.7 Å². The predicted molar refractivity (Wildman–Crippen MR) is 195 cm³/mol. The van der Waals surface area contributed by atoms with Gasteiger partial charge in [-0.25, -0.2) is 24.0 Å². The van der Waals surface area contributed by atoms with E-state index in [0.717, 1.165) is 25.9 Å². The fourth-order valence-electron chi connectivity index (χ4n) is 5.17. The molecule has 1 saturated heterocycles. The molecule has 2 heterocycles. The number of carbonyl (C=O) groups is 5. The summed E-state index contributed by atoms with van der Waals surface area (Å²) in [7, 11) is 0. The smallest absolute Gasteiger partial charge is 0.410 e. The van der Waals surface area contributed by atoms with Crippen molar-refractivity contribution in [2.24, 2.45) is 5.92 Å². The molecule has 3 atom stereocenters. The van der Waals surface area contributed by atoms with E-state index >= 15 is 0 Å². The summed E-state index contributed by atoms with van der Waals surface area (Å²) in [5, 5.41) is 29.0. The minimum absolute atomic E-state index is 0.0253. The number of rotatable bonds is 9. The van der Waals surface area contributed by atoms with Crippen molar-refractivity contribution in [2.75, 3.05) is 13.1 Å². The van der Waals surface area contributed by atoms with E-state index in [1.807, 2.05) is 38.1 Å². The average molecular weight is 731 g/mol. The molecule has 1 aliphatic rings. The number of nitrogens with zero attached hydrogens (tertiary/aromatic N) is 2. The third kappa shape index (κ3) is 13.7. The van der Waals surface area contributed by atoms with Crippen LogP contribution in [0.15, 0.2) is 97.3 Å². The number of carbonyl (C=O) groups excluding carboxylic acids is 3. The zero-order valence-electron chi connectivity index (χ0n) is 30.4. The molecule has 0 radical (unpaired) electrons. The number of benzene rings is 3. The lowest BCUT2D eigenvalue weighted by molar-refractivity contribution is -0.166. The second-order valence-corrected chi connectivity index (χ2v) is 13.5.